The summed E-state index contributed by atoms with van der Waals surface area (Å²) in [5, 5.41) is 5.64. The summed E-state index contributed by atoms with van der Waals surface area (Å²) in [7, 11) is 0.810. The van der Waals surface area contributed by atoms with Crippen molar-refractivity contribution < 1.29 is 23.5 Å². The Balaban J connectivity index is 3.68. The summed E-state index contributed by atoms with van der Waals surface area (Å²) < 4.78 is 12.1. The van der Waals surface area contributed by atoms with Crippen molar-refractivity contribution in [3.05, 3.63) is 42.0 Å². The van der Waals surface area contributed by atoms with Gasteiger partial charge in [-0.05, 0) is 44.0 Å². The Morgan fingerprint density at radius 2 is 1.70 bits per heavy atom. The summed E-state index contributed by atoms with van der Waals surface area (Å²) in [5.74, 6) is -0.342. The first-order valence-corrected chi connectivity index (χ1v) is 15.8. The van der Waals surface area contributed by atoms with Crippen LogP contribution in [0.3, 0.4) is 0 Å². The molecule has 0 fully saturated rings. The van der Waals surface area contributed by atoms with Gasteiger partial charge in [-0.1, -0.05) is 76.6 Å². The van der Waals surface area contributed by atoms with Crippen molar-refractivity contribution in [1.82, 2.24) is 15.5 Å². The van der Waals surface area contributed by atoms with Crippen molar-refractivity contribution >= 4 is 32.3 Å². The highest BCUT2D eigenvalue weighted by molar-refractivity contribution is 6.74. The lowest BCUT2D eigenvalue weighted by molar-refractivity contribution is -0.127. The number of nitrogens with zero attached hydrogens (tertiary/aromatic N) is 1. The molecule has 0 spiro atoms. The standard InChI is InChI=1S/C28H47N3O5Si/c1-11-12-20-35-26(34)29-24(19-18-23-16-14-13-15-17-23)28(21(2)32,30-25(33)31(7)8)22(3)36-37(9,10)27(4,5)6/h13-19,22,24H,11-12,20H2,1-10H3,(H,29,34)(H,30,33)/b19-18+/t22-,24+,28-/m0/s1. The molecule has 1 aromatic rings. The third-order valence-corrected chi connectivity index (χ3v) is 11.6. The van der Waals surface area contributed by atoms with Crippen molar-refractivity contribution in [3.63, 3.8) is 0 Å². The molecule has 3 amide bonds. The SMILES string of the molecule is CCCCOC(=O)N[C@H](/C=C/c1ccccc1)[C@](NC(=O)N(C)C)(C(C)=O)[C@H](C)O[Si](C)(C)C(C)(C)C. The third-order valence-electron chi connectivity index (χ3n) is 7.00. The highest BCUT2D eigenvalue weighted by atomic mass is 28.4. The van der Waals surface area contributed by atoms with Gasteiger partial charge in [0.25, 0.3) is 0 Å². The van der Waals surface area contributed by atoms with E-state index in [9.17, 15) is 14.4 Å². The van der Waals surface area contributed by atoms with E-state index >= 15 is 0 Å². The molecule has 37 heavy (non-hydrogen) atoms. The molecule has 208 valence electrons. The molecule has 0 bridgehead atoms. The van der Waals surface area contributed by atoms with Gasteiger partial charge >= 0.3 is 12.1 Å². The molecule has 1 aromatic carbocycles. The van der Waals surface area contributed by atoms with E-state index in [4.69, 9.17) is 9.16 Å². The molecule has 0 aromatic heterocycles. The smallest absolute Gasteiger partial charge is 0.407 e. The molecule has 9 heteroatoms. The Labute approximate surface area is 224 Å². The summed E-state index contributed by atoms with van der Waals surface area (Å²) >= 11 is 0. The van der Waals surface area contributed by atoms with Gasteiger partial charge in [0.15, 0.2) is 14.1 Å². The Hall–Kier alpha value is -2.65. The fraction of sp³-hybridized carbons (Fsp3) is 0.607. The van der Waals surface area contributed by atoms with Gasteiger partial charge in [0.2, 0.25) is 0 Å². The van der Waals surface area contributed by atoms with Gasteiger partial charge in [-0.25, -0.2) is 9.59 Å². The van der Waals surface area contributed by atoms with Gasteiger partial charge in [-0.15, -0.1) is 0 Å². The largest absolute Gasteiger partial charge is 0.450 e. The monoisotopic (exact) mass is 533 g/mol. The fourth-order valence-electron chi connectivity index (χ4n) is 3.59. The van der Waals surface area contributed by atoms with Crippen molar-refractivity contribution in [2.24, 2.45) is 0 Å². The van der Waals surface area contributed by atoms with E-state index in [1.54, 1.807) is 27.1 Å². The number of benzene rings is 1. The van der Waals surface area contributed by atoms with E-state index in [0.29, 0.717) is 0 Å². The minimum atomic E-state index is -2.39. The number of nitrogens with one attached hydrogen (secondary N) is 2. The number of ether oxygens (including phenoxy) is 1. The number of unbranched alkanes of at least 4 members (excludes halogenated alkanes) is 1. The Morgan fingerprint density at radius 1 is 1.11 bits per heavy atom. The quantitative estimate of drug-likeness (QED) is 0.269. The molecular formula is C28H47N3O5Si. The minimum absolute atomic E-state index is 0.142. The molecule has 0 unspecified atom stereocenters. The Morgan fingerprint density at radius 3 is 2.19 bits per heavy atom. The summed E-state index contributed by atoms with van der Waals surface area (Å²) in [6, 6.07) is 8.10. The van der Waals surface area contributed by atoms with Crippen molar-refractivity contribution in [3.8, 4) is 0 Å². The predicted molar refractivity (Wildman–Crippen MR) is 152 cm³/mol. The molecule has 0 saturated carbocycles. The number of carbonyl (C=O) groups excluding carboxylic acids is 3. The molecule has 0 saturated heterocycles. The molecule has 2 N–H and O–H groups in total. The fourth-order valence-corrected chi connectivity index (χ4v) is 5.01. The summed E-state index contributed by atoms with van der Waals surface area (Å²) in [5.41, 5.74) is -0.727. The average Bonchev–Trinajstić information content (AvgIpc) is 2.79. The number of rotatable bonds is 12. The van der Waals surface area contributed by atoms with Crippen LogP contribution in [-0.4, -0.2) is 69.5 Å². The van der Waals surface area contributed by atoms with Gasteiger partial charge in [0, 0.05) is 14.1 Å². The van der Waals surface area contributed by atoms with Crippen molar-refractivity contribution in [2.75, 3.05) is 20.7 Å². The van der Waals surface area contributed by atoms with E-state index in [2.05, 4.69) is 44.5 Å². The maximum absolute atomic E-state index is 13.6. The second-order valence-corrected chi connectivity index (χ2v) is 15.9. The van der Waals surface area contributed by atoms with E-state index in [0.717, 1.165) is 18.4 Å². The number of amides is 3. The van der Waals surface area contributed by atoms with Gasteiger partial charge in [-0.3, -0.25) is 4.79 Å². The molecule has 0 aliphatic rings. The molecule has 1 rings (SSSR count). The van der Waals surface area contributed by atoms with Gasteiger partial charge in [-0.2, -0.15) is 0 Å². The highest BCUT2D eigenvalue weighted by Gasteiger charge is 2.53. The van der Waals surface area contributed by atoms with Crippen LogP contribution in [0.1, 0.15) is 59.9 Å². The van der Waals surface area contributed by atoms with Crippen LogP contribution in [-0.2, 0) is 14.0 Å². The maximum Gasteiger partial charge on any atom is 0.407 e. The Bertz CT molecular complexity index is 927. The van der Waals surface area contributed by atoms with Crippen LogP contribution in [0.4, 0.5) is 9.59 Å². The van der Waals surface area contributed by atoms with E-state index < -0.39 is 38.1 Å². The maximum atomic E-state index is 13.6. The number of Topliss-reactive ketones (excluding diaryl/α,β-unsaturated/α-hetero) is 1. The van der Waals surface area contributed by atoms with Crippen LogP contribution in [0.2, 0.25) is 18.1 Å². The molecular weight excluding hydrogens is 486 g/mol. The number of hydrogen-bond acceptors (Lipinski definition) is 5. The summed E-state index contributed by atoms with van der Waals surface area (Å²) in [6.07, 6.45) is 3.70. The Kier molecular flexibility index (Phi) is 12.0. The van der Waals surface area contributed by atoms with Crippen LogP contribution in [0, 0.1) is 0 Å². The van der Waals surface area contributed by atoms with E-state index in [1.165, 1.54) is 11.8 Å². The zero-order valence-corrected chi connectivity index (χ0v) is 25.3. The van der Waals surface area contributed by atoms with Gasteiger partial charge in [0.1, 0.15) is 5.54 Å². The average molecular weight is 534 g/mol. The first kappa shape index (κ1) is 32.4. The molecule has 0 radical (unpaired) electrons. The van der Waals surface area contributed by atoms with Gasteiger partial charge in [0.05, 0.1) is 18.8 Å². The topological polar surface area (TPSA) is 97.0 Å². The van der Waals surface area contributed by atoms with Crippen LogP contribution < -0.4 is 10.6 Å². The predicted octanol–water partition coefficient (Wildman–Crippen LogP) is 5.60. The second kappa shape index (κ2) is 13.8. The third kappa shape index (κ3) is 9.00. The molecule has 3 atom stereocenters. The lowest BCUT2D eigenvalue weighted by Gasteiger charge is -2.47. The van der Waals surface area contributed by atoms with Crippen molar-refractivity contribution in [1.29, 1.82) is 0 Å². The number of ketones is 1. The first-order chi connectivity index (χ1) is 17.1. The van der Waals surface area contributed by atoms with Crippen LogP contribution in [0.25, 0.3) is 6.08 Å². The molecule has 0 heterocycles. The number of urea groups is 1. The summed E-state index contributed by atoms with van der Waals surface area (Å²) in [4.78, 5) is 40.8. The van der Waals surface area contributed by atoms with Crippen molar-refractivity contribution in [2.45, 2.75) is 90.2 Å². The lowest BCUT2D eigenvalue weighted by atomic mass is 9.80. The molecule has 8 nitrogen and oxygen atoms in total. The van der Waals surface area contributed by atoms with Gasteiger partial charge < -0.3 is 24.7 Å². The molecule has 0 aliphatic heterocycles. The highest BCUT2D eigenvalue weighted by Crippen LogP contribution is 2.39. The lowest BCUT2D eigenvalue weighted by Crippen LogP contribution is -2.73. The minimum Gasteiger partial charge on any atom is -0.450 e. The van der Waals surface area contributed by atoms with E-state index in [1.807, 2.05) is 43.3 Å². The summed E-state index contributed by atoms with van der Waals surface area (Å²) in [6.45, 7) is 15.9. The van der Waals surface area contributed by atoms with Crippen LogP contribution in [0.15, 0.2) is 36.4 Å². The van der Waals surface area contributed by atoms with Crippen LogP contribution >= 0.6 is 0 Å². The number of alkyl carbamates (subject to hydrolysis) is 1. The zero-order chi connectivity index (χ0) is 28.4. The number of hydrogen-bond donors (Lipinski definition) is 2. The van der Waals surface area contributed by atoms with E-state index in [-0.39, 0.29) is 17.4 Å². The second-order valence-electron chi connectivity index (χ2n) is 11.2. The normalized spacial score (nSPS) is 15.4. The van der Waals surface area contributed by atoms with Crippen LogP contribution in [0.5, 0.6) is 0 Å². The first-order valence-electron chi connectivity index (χ1n) is 12.9. The zero-order valence-electron chi connectivity index (χ0n) is 24.3. The molecule has 0 aliphatic carbocycles. The number of carbonyl (C=O) groups is 3.